The molecule has 0 unspecified atom stereocenters. The molecule has 1 aromatic rings. The van der Waals surface area contributed by atoms with Crippen LogP contribution in [-0.4, -0.2) is 49.4 Å². The molecule has 0 heterocycles. The largest absolute Gasteiger partial charge is 0.369 e. The van der Waals surface area contributed by atoms with E-state index in [2.05, 4.69) is 4.99 Å². The fourth-order valence-corrected chi connectivity index (χ4v) is 1.36. The number of nitrogens with two attached hydrogens (primary N) is 1. The van der Waals surface area contributed by atoms with E-state index in [0.29, 0.717) is 12.5 Å². The Kier molecular flexibility index (Phi) is 7.61. The van der Waals surface area contributed by atoms with Crippen LogP contribution in [0.4, 0.5) is 4.39 Å². The molecule has 0 saturated heterocycles. The van der Waals surface area contributed by atoms with Crippen molar-refractivity contribution in [1.29, 1.82) is 5.41 Å². The molecule has 0 saturated carbocycles. The van der Waals surface area contributed by atoms with Gasteiger partial charge in [0, 0.05) is 27.7 Å². The summed E-state index contributed by atoms with van der Waals surface area (Å²) in [6.45, 7) is 0.654. The average molecular weight is 302 g/mol. The number of rotatable bonds is 3. The predicted molar refractivity (Wildman–Crippen MR) is 83.0 cm³/mol. The monoisotopic (exact) mass is 301 g/mol. The van der Waals surface area contributed by atoms with Crippen LogP contribution in [0.2, 0.25) is 0 Å². The quantitative estimate of drug-likeness (QED) is 0.657. The third-order valence-corrected chi connectivity index (χ3v) is 2.68. The molecule has 0 aliphatic heterocycles. The van der Waals surface area contributed by atoms with Crippen molar-refractivity contribution in [3.05, 3.63) is 35.6 Å². The molecule has 0 aromatic heterocycles. The first kappa shape index (κ1) is 18.2. The zero-order chi connectivity index (χ0) is 14.4. The molecule has 0 radical (unpaired) electrons. The lowest BCUT2D eigenvalue weighted by Crippen LogP contribution is -2.37. The fourth-order valence-electron chi connectivity index (χ4n) is 1.36. The number of guanidine groups is 2. The lowest BCUT2D eigenvalue weighted by molar-refractivity contribution is 0.500. The van der Waals surface area contributed by atoms with Gasteiger partial charge in [-0.05, 0) is 24.1 Å². The summed E-state index contributed by atoms with van der Waals surface area (Å²) in [5.41, 5.74) is 6.82. The van der Waals surface area contributed by atoms with E-state index in [4.69, 9.17) is 11.1 Å². The second-order valence-corrected chi connectivity index (χ2v) is 4.49. The van der Waals surface area contributed by atoms with Crippen LogP contribution >= 0.6 is 12.4 Å². The maximum absolute atomic E-state index is 12.8. The molecule has 0 bridgehead atoms. The van der Waals surface area contributed by atoms with Gasteiger partial charge in [-0.2, -0.15) is 4.99 Å². The zero-order valence-electron chi connectivity index (χ0n) is 11.9. The topological polar surface area (TPSA) is 68.7 Å². The molecule has 3 N–H and O–H groups in total. The van der Waals surface area contributed by atoms with E-state index in [1.54, 1.807) is 36.0 Å². The molecule has 0 spiro atoms. The van der Waals surface area contributed by atoms with E-state index in [1.165, 1.54) is 12.1 Å². The SMILES string of the molecule is CN(C)C(=N)N=C(N)N(C)CCc1ccc(F)cc1.Cl. The van der Waals surface area contributed by atoms with Crippen molar-refractivity contribution < 1.29 is 4.39 Å². The Hall–Kier alpha value is -1.82. The molecule has 1 rings (SSSR count). The molecular formula is C13H21ClFN5. The van der Waals surface area contributed by atoms with Gasteiger partial charge in [0.15, 0.2) is 5.96 Å². The Morgan fingerprint density at radius 2 is 1.80 bits per heavy atom. The van der Waals surface area contributed by atoms with Crippen molar-refractivity contribution in [1.82, 2.24) is 9.80 Å². The highest BCUT2D eigenvalue weighted by molar-refractivity contribution is 5.92. The third-order valence-electron chi connectivity index (χ3n) is 2.68. The van der Waals surface area contributed by atoms with Crippen molar-refractivity contribution in [3.63, 3.8) is 0 Å². The summed E-state index contributed by atoms with van der Waals surface area (Å²) in [4.78, 5) is 7.31. The van der Waals surface area contributed by atoms with Gasteiger partial charge in [0.25, 0.3) is 0 Å². The molecule has 112 valence electrons. The van der Waals surface area contributed by atoms with Crippen LogP contribution in [0.5, 0.6) is 0 Å². The molecule has 0 aliphatic carbocycles. The smallest absolute Gasteiger partial charge is 0.220 e. The summed E-state index contributed by atoms with van der Waals surface area (Å²) in [6.07, 6.45) is 0.738. The lowest BCUT2D eigenvalue weighted by atomic mass is 10.1. The summed E-state index contributed by atoms with van der Waals surface area (Å²) in [5.74, 6) is 0.157. The van der Waals surface area contributed by atoms with Crippen molar-refractivity contribution in [3.8, 4) is 0 Å². The molecule has 20 heavy (non-hydrogen) atoms. The molecule has 0 fully saturated rings. The second-order valence-electron chi connectivity index (χ2n) is 4.49. The number of likely N-dealkylation sites (N-methyl/N-ethyl adjacent to an activating group) is 1. The van der Waals surface area contributed by atoms with Crippen molar-refractivity contribution in [2.45, 2.75) is 6.42 Å². The Labute approximate surface area is 125 Å². The highest BCUT2D eigenvalue weighted by atomic mass is 35.5. The normalized spacial score (nSPS) is 10.7. The Bertz CT molecular complexity index is 458. The van der Waals surface area contributed by atoms with Crippen molar-refractivity contribution >= 4 is 24.3 Å². The van der Waals surface area contributed by atoms with Gasteiger partial charge in [-0.3, -0.25) is 5.41 Å². The van der Waals surface area contributed by atoms with Crippen molar-refractivity contribution in [2.24, 2.45) is 10.7 Å². The minimum atomic E-state index is -0.238. The van der Waals surface area contributed by atoms with Crippen LogP contribution in [-0.2, 0) is 6.42 Å². The van der Waals surface area contributed by atoms with E-state index in [0.717, 1.165) is 12.0 Å². The van der Waals surface area contributed by atoms with Gasteiger partial charge in [-0.25, -0.2) is 4.39 Å². The number of aliphatic imine (C=N–C) groups is 1. The number of hydrogen-bond donors (Lipinski definition) is 2. The highest BCUT2D eigenvalue weighted by Gasteiger charge is 2.05. The minimum Gasteiger partial charge on any atom is -0.369 e. The number of halogens is 2. The minimum absolute atomic E-state index is 0. The van der Waals surface area contributed by atoms with E-state index < -0.39 is 0 Å². The summed E-state index contributed by atoms with van der Waals surface area (Å²) in [7, 11) is 5.28. The van der Waals surface area contributed by atoms with Crippen LogP contribution in [0, 0.1) is 11.2 Å². The van der Waals surface area contributed by atoms with E-state index in [9.17, 15) is 4.39 Å². The molecular weight excluding hydrogens is 281 g/mol. The van der Waals surface area contributed by atoms with Gasteiger partial charge in [0.1, 0.15) is 5.82 Å². The first-order valence-electron chi connectivity index (χ1n) is 5.95. The molecule has 0 amide bonds. The maximum atomic E-state index is 12.8. The van der Waals surface area contributed by atoms with Crippen LogP contribution in [0.25, 0.3) is 0 Å². The standard InChI is InChI=1S/C13H20FN5.ClH/c1-18(2)12(15)17-13(16)19(3)9-8-10-4-6-11(14)7-5-10;/h4-7H,8-9H2,1-3H3,(H3,15,16,17);1H. The van der Waals surface area contributed by atoms with Crippen molar-refractivity contribution in [2.75, 3.05) is 27.7 Å². The average Bonchev–Trinajstić information content (AvgIpc) is 2.37. The number of benzene rings is 1. The Balaban J connectivity index is 0.00000361. The third kappa shape index (κ3) is 5.88. The van der Waals surface area contributed by atoms with Crippen LogP contribution in [0.1, 0.15) is 5.56 Å². The number of nitrogens with one attached hydrogen (secondary N) is 1. The van der Waals surface area contributed by atoms with Gasteiger partial charge in [-0.15, -0.1) is 12.4 Å². The number of nitrogens with zero attached hydrogens (tertiary/aromatic N) is 3. The summed E-state index contributed by atoms with van der Waals surface area (Å²) >= 11 is 0. The van der Waals surface area contributed by atoms with E-state index >= 15 is 0 Å². The Morgan fingerprint density at radius 1 is 1.25 bits per heavy atom. The maximum Gasteiger partial charge on any atom is 0.220 e. The fraction of sp³-hybridized carbons (Fsp3) is 0.385. The summed E-state index contributed by atoms with van der Waals surface area (Å²) in [5, 5.41) is 7.58. The van der Waals surface area contributed by atoms with Crippen LogP contribution in [0.3, 0.4) is 0 Å². The second kappa shape index (κ2) is 8.37. The zero-order valence-corrected chi connectivity index (χ0v) is 12.7. The van der Waals surface area contributed by atoms with Crippen LogP contribution < -0.4 is 5.73 Å². The highest BCUT2D eigenvalue weighted by Crippen LogP contribution is 2.04. The lowest BCUT2D eigenvalue weighted by Gasteiger charge is -2.19. The molecule has 1 aromatic carbocycles. The molecule has 0 aliphatic rings. The van der Waals surface area contributed by atoms with Gasteiger partial charge in [0.05, 0.1) is 0 Å². The van der Waals surface area contributed by atoms with Gasteiger partial charge < -0.3 is 15.5 Å². The number of hydrogen-bond acceptors (Lipinski definition) is 1. The Morgan fingerprint density at radius 3 is 2.30 bits per heavy atom. The van der Waals surface area contributed by atoms with E-state index in [1.807, 2.05) is 7.05 Å². The molecule has 5 nitrogen and oxygen atoms in total. The van der Waals surface area contributed by atoms with Gasteiger partial charge in [0.2, 0.25) is 5.96 Å². The summed E-state index contributed by atoms with van der Waals surface area (Å²) < 4.78 is 12.8. The molecule has 0 atom stereocenters. The first-order valence-corrected chi connectivity index (χ1v) is 5.95. The molecule has 7 heteroatoms. The first-order chi connectivity index (χ1) is 8.90. The van der Waals surface area contributed by atoms with Gasteiger partial charge >= 0.3 is 0 Å². The van der Waals surface area contributed by atoms with E-state index in [-0.39, 0.29) is 24.2 Å². The van der Waals surface area contributed by atoms with Gasteiger partial charge in [-0.1, -0.05) is 12.1 Å². The van der Waals surface area contributed by atoms with Crippen LogP contribution in [0.15, 0.2) is 29.3 Å². The predicted octanol–water partition coefficient (Wildman–Crippen LogP) is 1.53. The summed E-state index contributed by atoms with van der Waals surface area (Å²) in [6, 6.07) is 6.37.